The van der Waals surface area contributed by atoms with Gasteiger partial charge < -0.3 is 9.84 Å². The Bertz CT molecular complexity index is 451. The summed E-state index contributed by atoms with van der Waals surface area (Å²) in [6.45, 7) is 0. The van der Waals surface area contributed by atoms with Crippen LogP contribution in [-0.2, 0) is 22.4 Å². The third-order valence-corrected chi connectivity index (χ3v) is 2.84. The number of hydrogen-bond acceptors (Lipinski definition) is 3. The Morgan fingerprint density at radius 2 is 1.94 bits per heavy atom. The van der Waals surface area contributed by atoms with Crippen molar-refractivity contribution >= 4 is 11.9 Å². The number of hydrogen-bond donors (Lipinski definition) is 1. The van der Waals surface area contributed by atoms with Gasteiger partial charge in [0.1, 0.15) is 5.75 Å². The van der Waals surface area contributed by atoms with Crippen LogP contribution < -0.4 is 4.74 Å². The summed E-state index contributed by atoms with van der Waals surface area (Å²) >= 11 is 0. The fourth-order valence-electron chi connectivity index (χ4n) is 2.00. The molecule has 1 N–H and O–H groups in total. The fourth-order valence-corrected chi connectivity index (χ4v) is 2.00. The van der Waals surface area contributed by atoms with Gasteiger partial charge in [0.15, 0.2) is 0 Å². The number of carboxylic acid groups (broad SMARTS) is 1. The van der Waals surface area contributed by atoms with Gasteiger partial charge in [-0.1, -0.05) is 6.07 Å². The maximum atomic E-state index is 11.3. The molecule has 2 rings (SSSR count). The summed E-state index contributed by atoms with van der Waals surface area (Å²) in [5, 5.41) is 8.45. The Labute approximate surface area is 99.2 Å². The van der Waals surface area contributed by atoms with Crippen molar-refractivity contribution in [2.24, 2.45) is 0 Å². The number of carboxylic acids is 1. The lowest BCUT2D eigenvalue weighted by molar-refractivity contribution is -0.142. The first-order valence-corrected chi connectivity index (χ1v) is 5.69. The van der Waals surface area contributed by atoms with E-state index in [0.29, 0.717) is 5.75 Å². The summed E-state index contributed by atoms with van der Waals surface area (Å²) in [5.41, 5.74) is 2.55. The maximum Gasteiger partial charge on any atom is 0.311 e. The number of esters is 1. The van der Waals surface area contributed by atoms with E-state index in [2.05, 4.69) is 0 Å². The van der Waals surface area contributed by atoms with Crippen LogP contribution in [0.5, 0.6) is 5.75 Å². The van der Waals surface area contributed by atoms with Gasteiger partial charge in [0.2, 0.25) is 0 Å². The first kappa shape index (κ1) is 11.6. The zero-order valence-corrected chi connectivity index (χ0v) is 9.44. The lowest BCUT2D eigenvalue weighted by Gasteiger charge is -2.05. The van der Waals surface area contributed by atoms with E-state index in [0.717, 1.165) is 19.3 Å². The molecule has 4 nitrogen and oxygen atoms in total. The molecule has 0 saturated carbocycles. The van der Waals surface area contributed by atoms with Crippen LogP contribution in [-0.4, -0.2) is 17.0 Å². The number of benzene rings is 1. The highest BCUT2D eigenvalue weighted by Crippen LogP contribution is 2.26. The lowest BCUT2D eigenvalue weighted by atomic mass is 10.1. The van der Waals surface area contributed by atoms with Crippen molar-refractivity contribution in [2.45, 2.75) is 32.1 Å². The minimum Gasteiger partial charge on any atom is -0.481 e. The normalized spacial score (nSPS) is 13.2. The average molecular weight is 234 g/mol. The predicted octanol–water partition coefficient (Wildman–Crippen LogP) is 1.95. The number of carbonyl (C=O) groups is 2. The van der Waals surface area contributed by atoms with Gasteiger partial charge in [-0.15, -0.1) is 0 Å². The molecule has 0 amide bonds. The van der Waals surface area contributed by atoms with Crippen LogP contribution in [0.25, 0.3) is 0 Å². The van der Waals surface area contributed by atoms with Crippen molar-refractivity contribution in [3.05, 3.63) is 29.3 Å². The molecule has 1 aromatic rings. The molecule has 17 heavy (non-hydrogen) atoms. The molecule has 0 spiro atoms. The van der Waals surface area contributed by atoms with Crippen LogP contribution in [0.2, 0.25) is 0 Å². The van der Waals surface area contributed by atoms with E-state index < -0.39 is 11.9 Å². The molecule has 0 atom stereocenters. The van der Waals surface area contributed by atoms with Crippen molar-refractivity contribution in [3.63, 3.8) is 0 Å². The molecule has 0 heterocycles. The van der Waals surface area contributed by atoms with Crippen LogP contribution in [0, 0.1) is 0 Å². The SMILES string of the molecule is O=C(O)CCC(=O)Oc1ccc2c(c1)CCC2. The summed E-state index contributed by atoms with van der Waals surface area (Å²) < 4.78 is 5.09. The van der Waals surface area contributed by atoms with Crippen molar-refractivity contribution in [3.8, 4) is 5.75 Å². The second-order valence-electron chi connectivity index (χ2n) is 4.15. The number of aryl methyl sites for hydroxylation is 2. The van der Waals surface area contributed by atoms with Gasteiger partial charge >= 0.3 is 11.9 Å². The van der Waals surface area contributed by atoms with E-state index in [1.54, 1.807) is 6.07 Å². The van der Waals surface area contributed by atoms with Crippen LogP contribution in [0.3, 0.4) is 0 Å². The van der Waals surface area contributed by atoms with Gasteiger partial charge in [-0.05, 0) is 42.5 Å². The summed E-state index contributed by atoms with van der Waals surface area (Å²) in [6.07, 6.45) is 2.97. The van der Waals surface area contributed by atoms with Crippen LogP contribution in [0.15, 0.2) is 18.2 Å². The zero-order valence-electron chi connectivity index (χ0n) is 9.44. The highest BCUT2D eigenvalue weighted by atomic mass is 16.5. The average Bonchev–Trinajstić information content (AvgIpc) is 2.73. The summed E-state index contributed by atoms with van der Waals surface area (Å²) in [4.78, 5) is 21.6. The molecule has 4 heteroatoms. The van der Waals surface area contributed by atoms with Crippen LogP contribution >= 0.6 is 0 Å². The second kappa shape index (κ2) is 4.99. The lowest BCUT2D eigenvalue weighted by Crippen LogP contribution is -2.10. The molecule has 0 bridgehead atoms. The first-order valence-electron chi connectivity index (χ1n) is 5.69. The molecule has 0 aromatic heterocycles. The molecule has 0 fully saturated rings. The van der Waals surface area contributed by atoms with Gasteiger partial charge in [0, 0.05) is 0 Å². The van der Waals surface area contributed by atoms with E-state index >= 15 is 0 Å². The van der Waals surface area contributed by atoms with Crippen molar-refractivity contribution < 1.29 is 19.4 Å². The second-order valence-corrected chi connectivity index (χ2v) is 4.15. The van der Waals surface area contributed by atoms with E-state index in [4.69, 9.17) is 9.84 Å². The van der Waals surface area contributed by atoms with Gasteiger partial charge in [0.05, 0.1) is 12.8 Å². The van der Waals surface area contributed by atoms with Gasteiger partial charge in [-0.25, -0.2) is 0 Å². The third kappa shape index (κ3) is 3.06. The minimum atomic E-state index is -0.990. The Morgan fingerprint density at radius 3 is 2.71 bits per heavy atom. The summed E-state index contributed by atoms with van der Waals surface area (Å²) in [6, 6.07) is 5.62. The van der Waals surface area contributed by atoms with Gasteiger partial charge in [-0.2, -0.15) is 0 Å². The first-order chi connectivity index (χ1) is 8.15. The Balaban J connectivity index is 1.95. The minimum absolute atomic E-state index is 0.0909. The number of ether oxygens (including phenoxy) is 1. The van der Waals surface area contributed by atoms with E-state index in [9.17, 15) is 9.59 Å². The Morgan fingerprint density at radius 1 is 1.18 bits per heavy atom. The van der Waals surface area contributed by atoms with Crippen molar-refractivity contribution in [1.82, 2.24) is 0 Å². The van der Waals surface area contributed by atoms with E-state index in [-0.39, 0.29) is 12.8 Å². The Kier molecular flexibility index (Phi) is 3.42. The fraction of sp³-hybridized carbons (Fsp3) is 0.385. The number of fused-ring (bicyclic) bond motifs is 1. The molecule has 0 radical (unpaired) electrons. The maximum absolute atomic E-state index is 11.3. The molecule has 0 unspecified atom stereocenters. The Hall–Kier alpha value is -1.84. The highest BCUT2D eigenvalue weighted by Gasteiger charge is 2.13. The molecular formula is C13H14O4. The van der Waals surface area contributed by atoms with Crippen LogP contribution in [0.1, 0.15) is 30.4 Å². The number of aliphatic carboxylic acids is 1. The molecule has 0 saturated heterocycles. The summed E-state index contributed by atoms with van der Waals surface area (Å²) in [5.74, 6) is -0.970. The predicted molar refractivity (Wildman–Crippen MR) is 61.0 cm³/mol. The van der Waals surface area contributed by atoms with Gasteiger partial charge in [-0.3, -0.25) is 9.59 Å². The molecule has 1 aliphatic rings. The number of carbonyl (C=O) groups excluding carboxylic acids is 1. The van der Waals surface area contributed by atoms with Gasteiger partial charge in [0.25, 0.3) is 0 Å². The quantitative estimate of drug-likeness (QED) is 0.638. The van der Waals surface area contributed by atoms with E-state index in [1.807, 2.05) is 12.1 Å². The molecule has 1 aliphatic carbocycles. The van der Waals surface area contributed by atoms with E-state index in [1.165, 1.54) is 11.1 Å². The topological polar surface area (TPSA) is 63.6 Å². The smallest absolute Gasteiger partial charge is 0.311 e. The molecule has 90 valence electrons. The molecule has 0 aliphatic heterocycles. The monoisotopic (exact) mass is 234 g/mol. The third-order valence-electron chi connectivity index (χ3n) is 2.84. The summed E-state index contributed by atoms with van der Waals surface area (Å²) in [7, 11) is 0. The largest absolute Gasteiger partial charge is 0.481 e. The zero-order chi connectivity index (χ0) is 12.3. The molecular weight excluding hydrogens is 220 g/mol. The number of rotatable bonds is 4. The van der Waals surface area contributed by atoms with Crippen LogP contribution in [0.4, 0.5) is 0 Å². The highest BCUT2D eigenvalue weighted by molar-refractivity contribution is 5.78. The molecule has 1 aromatic carbocycles. The van der Waals surface area contributed by atoms with Crippen molar-refractivity contribution in [2.75, 3.05) is 0 Å². The standard InChI is InChI=1S/C13H14O4/c14-12(15)6-7-13(16)17-11-5-4-9-2-1-3-10(9)8-11/h4-5,8H,1-3,6-7H2,(H,14,15). The van der Waals surface area contributed by atoms with Crippen molar-refractivity contribution in [1.29, 1.82) is 0 Å².